The summed E-state index contributed by atoms with van der Waals surface area (Å²) in [5, 5.41) is 29.3. The number of carbonyl (C=O) groups excluding carboxylic acids is 3. The highest BCUT2D eigenvalue weighted by molar-refractivity contribution is 6.00. The number of hydroxylamine groups is 2. The molecule has 0 spiro atoms. The number of carbonyl (C=O) groups is 3. The minimum Gasteiger partial charge on any atom is -0.496 e. The number of nitrogens with one attached hydrogen (secondary N) is 2. The van der Waals surface area contributed by atoms with Crippen molar-refractivity contribution in [3.8, 4) is 16.9 Å². The minimum absolute atomic E-state index is 0.0206. The van der Waals surface area contributed by atoms with E-state index in [2.05, 4.69) is 31.4 Å². The monoisotopic (exact) mass is 795 g/mol. The molecular formula is C46H61N5O7. The number of methoxy groups -OCH3 is 1. The molecule has 2 aliphatic heterocycles. The molecule has 12 nitrogen and oxygen atoms in total. The molecule has 3 aliphatic carbocycles. The van der Waals surface area contributed by atoms with Crippen molar-refractivity contribution < 1.29 is 34.2 Å². The Morgan fingerprint density at radius 2 is 1.79 bits per heavy atom. The van der Waals surface area contributed by atoms with Crippen LogP contribution in [-0.2, 0) is 27.5 Å². The van der Waals surface area contributed by atoms with E-state index in [1.165, 1.54) is 6.42 Å². The number of hydrogen-bond acceptors (Lipinski definition) is 9. The molecule has 12 heteroatoms. The summed E-state index contributed by atoms with van der Waals surface area (Å²) in [5.41, 5.74) is 4.74. The predicted molar refractivity (Wildman–Crippen MR) is 223 cm³/mol. The molecule has 4 N–H and O–H groups in total. The maximum absolute atomic E-state index is 14.3. The molecule has 2 bridgehead atoms. The summed E-state index contributed by atoms with van der Waals surface area (Å²) in [6.45, 7) is 9.18. The van der Waals surface area contributed by atoms with E-state index in [4.69, 9.17) is 9.57 Å². The van der Waals surface area contributed by atoms with E-state index in [9.17, 15) is 24.6 Å². The van der Waals surface area contributed by atoms with Crippen molar-refractivity contribution in [1.29, 1.82) is 0 Å². The second-order valence-electron chi connectivity index (χ2n) is 17.8. The van der Waals surface area contributed by atoms with E-state index in [-0.39, 0.29) is 42.3 Å². The van der Waals surface area contributed by atoms with Crippen LogP contribution in [-0.4, -0.2) is 103 Å². The summed E-state index contributed by atoms with van der Waals surface area (Å²) < 4.78 is 6.11. The highest BCUT2D eigenvalue weighted by Gasteiger charge is 2.57. The van der Waals surface area contributed by atoms with Crippen molar-refractivity contribution in [2.75, 3.05) is 39.3 Å². The van der Waals surface area contributed by atoms with E-state index < -0.39 is 30.2 Å². The van der Waals surface area contributed by atoms with Gasteiger partial charge in [0.1, 0.15) is 23.9 Å². The zero-order valence-electron chi connectivity index (χ0n) is 35.0. The lowest BCUT2D eigenvalue weighted by Gasteiger charge is -2.62. The van der Waals surface area contributed by atoms with Gasteiger partial charge in [-0.25, -0.2) is 0 Å². The first-order chi connectivity index (χ1) is 27.7. The maximum Gasteiger partial charge on any atom is 0.254 e. The van der Waals surface area contributed by atoms with Gasteiger partial charge in [0.15, 0.2) is 0 Å². The Hall–Kier alpha value is -4.49. The van der Waals surface area contributed by atoms with Crippen LogP contribution in [0.2, 0.25) is 0 Å². The number of hydrogen-bond donors (Lipinski definition) is 4. The van der Waals surface area contributed by atoms with Crippen molar-refractivity contribution >= 4 is 23.4 Å². The number of anilines is 1. The highest BCUT2D eigenvalue weighted by Crippen LogP contribution is 2.61. The molecule has 5 aliphatic rings. The number of ether oxygens (including phenoxy) is 1. The summed E-state index contributed by atoms with van der Waals surface area (Å²) in [4.78, 5) is 51.9. The topological polar surface area (TPSA) is 144 Å². The second-order valence-corrected chi connectivity index (χ2v) is 17.8. The van der Waals surface area contributed by atoms with Crippen molar-refractivity contribution in [2.24, 2.45) is 29.1 Å². The van der Waals surface area contributed by atoms with Crippen LogP contribution < -0.4 is 20.3 Å². The summed E-state index contributed by atoms with van der Waals surface area (Å²) in [6.07, 6.45) is 1.73. The fraction of sp³-hybridized carbons (Fsp3) is 0.543. The molecular weight excluding hydrogens is 735 g/mol. The fourth-order valence-electron chi connectivity index (χ4n) is 10.3. The predicted octanol–water partition coefficient (Wildman–Crippen LogP) is 5.01. The van der Waals surface area contributed by atoms with Crippen LogP contribution in [0.25, 0.3) is 11.1 Å². The first-order valence-corrected chi connectivity index (χ1v) is 20.9. The van der Waals surface area contributed by atoms with E-state index >= 15 is 0 Å². The largest absolute Gasteiger partial charge is 0.496 e. The van der Waals surface area contributed by atoms with E-state index in [1.54, 1.807) is 24.0 Å². The molecule has 0 aromatic heterocycles. The molecule has 9 atom stereocenters. The van der Waals surface area contributed by atoms with E-state index in [0.717, 1.165) is 40.8 Å². The Bertz CT molecular complexity index is 1970. The lowest BCUT2D eigenvalue weighted by molar-refractivity contribution is -0.183. The maximum atomic E-state index is 14.3. The Labute approximate surface area is 342 Å². The van der Waals surface area contributed by atoms with Gasteiger partial charge < -0.3 is 35.4 Å². The molecule has 3 amide bonds. The molecule has 3 aromatic rings. The van der Waals surface area contributed by atoms with Gasteiger partial charge in [0, 0.05) is 61.5 Å². The van der Waals surface area contributed by atoms with Gasteiger partial charge in [-0.15, -0.1) is 0 Å². The van der Waals surface area contributed by atoms with E-state index in [1.807, 2.05) is 85.7 Å². The standard InChI is InChI=1S/C46H61N5O7/c1-27-36-22-33(46(36,3)4)23-37(27)48-44(55)41-40(28(2)53)39(26-52)58-51(41)25-30-15-11-16-35(42(30)57-7)31-19-32(21-34(20-31)49(5)6)45(56)50-18-12-17-38(50)43(54)47-24-29-13-9-8-10-14-29/h8-11,13-16,19-21,27-28,33,36-41,52-53H,12,17-18,22-26H2,1-7H3,(H,47,54)(H,48,55)/t27-,28-,33-,36+,37-,38-,39-,40-,41-/m0/s1. The fourth-order valence-corrected chi connectivity index (χ4v) is 10.3. The molecule has 2 saturated heterocycles. The average molecular weight is 796 g/mol. The lowest BCUT2D eigenvalue weighted by atomic mass is 9.45. The quantitative estimate of drug-likeness (QED) is 0.188. The summed E-state index contributed by atoms with van der Waals surface area (Å²) in [7, 11) is 5.43. The normalized spacial score (nSPS) is 28.1. The number of para-hydroxylation sites is 1. The third kappa shape index (κ3) is 7.96. The van der Waals surface area contributed by atoms with Crippen LogP contribution >= 0.6 is 0 Å². The van der Waals surface area contributed by atoms with Gasteiger partial charge in [0.2, 0.25) is 11.8 Å². The molecule has 3 saturated carbocycles. The number of likely N-dealkylation sites (tertiary alicyclic amines) is 1. The van der Waals surface area contributed by atoms with Gasteiger partial charge in [-0.05, 0) is 85.1 Å². The Kier molecular flexibility index (Phi) is 12.2. The molecule has 58 heavy (non-hydrogen) atoms. The van der Waals surface area contributed by atoms with E-state index in [0.29, 0.717) is 48.6 Å². The minimum atomic E-state index is -0.919. The van der Waals surface area contributed by atoms with Crippen LogP contribution in [0.4, 0.5) is 5.69 Å². The molecule has 8 rings (SSSR count). The second kappa shape index (κ2) is 17.0. The summed E-state index contributed by atoms with van der Waals surface area (Å²) >= 11 is 0. The van der Waals surface area contributed by atoms with Crippen molar-refractivity contribution in [3.63, 3.8) is 0 Å². The molecule has 2 heterocycles. The number of benzene rings is 3. The third-order valence-corrected chi connectivity index (χ3v) is 13.8. The third-order valence-electron chi connectivity index (χ3n) is 13.8. The van der Waals surface area contributed by atoms with Crippen LogP contribution in [0.5, 0.6) is 5.75 Å². The first-order valence-electron chi connectivity index (χ1n) is 20.9. The molecule has 0 unspecified atom stereocenters. The summed E-state index contributed by atoms with van der Waals surface area (Å²) in [6, 6.07) is 19.8. The van der Waals surface area contributed by atoms with Crippen LogP contribution in [0, 0.1) is 29.1 Å². The lowest BCUT2D eigenvalue weighted by Crippen LogP contribution is -2.62. The number of fused-ring (bicyclic) bond motifs is 2. The van der Waals surface area contributed by atoms with Gasteiger partial charge in [0.25, 0.3) is 5.91 Å². The number of nitrogens with zero attached hydrogens (tertiary/aromatic N) is 3. The van der Waals surface area contributed by atoms with Gasteiger partial charge in [-0.2, -0.15) is 5.06 Å². The summed E-state index contributed by atoms with van der Waals surface area (Å²) in [5.74, 6) is 0.695. The first kappa shape index (κ1) is 41.7. The Morgan fingerprint density at radius 1 is 1.03 bits per heavy atom. The molecule has 0 radical (unpaired) electrons. The van der Waals surface area contributed by atoms with Gasteiger partial charge in [-0.1, -0.05) is 69.3 Å². The van der Waals surface area contributed by atoms with Crippen LogP contribution in [0.3, 0.4) is 0 Å². The molecule has 3 aromatic carbocycles. The van der Waals surface area contributed by atoms with Gasteiger partial charge in [0.05, 0.1) is 26.4 Å². The average Bonchev–Trinajstić information content (AvgIpc) is 3.86. The molecule has 312 valence electrons. The van der Waals surface area contributed by atoms with Crippen LogP contribution in [0.1, 0.15) is 74.9 Å². The number of amides is 3. The van der Waals surface area contributed by atoms with Crippen molar-refractivity contribution in [3.05, 3.63) is 83.4 Å². The SMILES string of the molecule is COc1c(CN2O[C@@H](CO)[C@H]([C@H](C)O)[C@H]2C(=O)N[C@H]2C[C@@H]3C[C@H]([C@@H]2C)C3(C)C)cccc1-c1cc(C(=O)N2CCC[C@H]2C(=O)NCc2ccccc2)cc(N(C)C)c1. The number of rotatable bonds is 13. The van der Waals surface area contributed by atoms with Gasteiger partial charge in [-0.3, -0.25) is 19.2 Å². The van der Waals surface area contributed by atoms with Crippen LogP contribution in [0.15, 0.2) is 66.7 Å². The zero-order valence-corrected chi connectivity index (χ0v) is 35.0. The Balaban J connectivity index is 1.15. The smallest absolute Gasteiger partial charge is 0.254 e. The highest BCUT2D eigenvalue weighted by atomic mass is 16.7. The van der Waals surface area contributed by atoms with Gasteiger partial charge >= 0.3 is 0 Å². The molecule has 5 fully saturated rings. The number of aliphatic hydroxyl groups excluding tert-OH is 2. The Morgan fingerprint density at radius 3 is 2.45 bits per heavy atom. The van der Waals surface area contributed by atoms with Crippen molar-refractivity contribution in [1.82, 2.24) is 20.6 Å². The van der Waals surface area contributed by atoms with Crippen molar-refractivity contribution in [2.45, 2.75) is 96.8 Å². The number of aliphatic hydroxyl groups is 2. The zero-order chi connectivity index (χ0) is 41.5.